The maximum Gasteiger partial charge on any atom is 0.253 e. The molecule has 0 unspecified atom stereocenters. The Morgan fingerprint density at radius 1 is 1.00 bits per heavy atom. The van der Waals surface area contributed by atoms with Gasteiger partial charge in [0.15, 0.2) is 0 Å². The molecule has 2 aromatic heterocycles. The number of aromatic nitrogens is 5. The first kappa shape index (κ1) is 22.9. The molecule has 1 saturated carbocycles. The van der Waals surface area contributed by atoms with E-state index in [0.717, 1.165) is 53.9 Å². The largest absolute Gasteiger partial charge is 0.339 e. The van der Waals surface area contributed by atoms with Gasteiger partial charge in [-0.15, -0.1) is 5.10 Å². The van der Waals surface area contributed by atoms with Crippen molar-refractivity contribution in [3.8, 4) is 17.1 Å². The van der Waals surface area contributed by atoms with E-state index in [-0.39, 0.29) is 5.91 Å². The number of benzene rings is 2. The van der Waals surface area contributed by atoms with Gasteiger partial charge in [0, 0.05) is 30.1 Å². The summed E-state index contributed by atoms with van der Waals surface area (Å²) in [7, 11) is 4.22. The molecule has 0 radical (unpaired) electrons. The number of carbonyl (C=O) groups is 1. The third-order valence-electron chi connectivity index (χ3n) is 8.01. The molecule has 186 valence electrons. The predicted molar refractivity (Wildman–Crippen MR) is 140 cm³/mol. The fourth-order valence-corrected chi connectivity index (χ4v) is 5.76. The smallest absolute Gasteiger partial charge is 0.253 e. The first-order valence-corrected chi connectivity index (χ1v) is 13.0. The zero-order chi connectivity index (χ0) is 24.6. The summed E-state index contributed by atoms with van der Waals surface area (Å²) in [6, 6.07) is 14.8. The molecule has 2 aliphatic rings. The zero-order valence-corrected chi connectivity index (χ0v) is 21.0. The van der Waals surface area contributed by atoms with Gasteiger partial charge in [-0.3, -0.25) is 9.89 Å². The zero-order valence-electron chi connectivity index (χ0n) is 21.0. The highest BCUT2D eigenvalue weighted by Gasteiger charge is 2.25. The van der Waals surface area contributed by atoms with Gasteiger partial charge in [0.1, 0.15) is 11.4 Å². The maximum atomic E-state index is 13.0. The molecule has 8 nitrogen and oxygen atoms in total. The van der Waals surface area contributed by atoms with Gasteiger partial charge in [-0.25, -0.2) is 4.68 Å². The van der Waals surface area contributed by atoms with Crippen LogP contribution in [-0.4, -0.2) is 74.1 Å². The van der Waals surface area contributed by atoms with Gasteiger partial charge in [0.05, 0.1) is 17.4 Å². The number of H-pyrrole nitrogens is 1. The van der Waals surface area contributed by atoms with Crippen LogP contribution >= 0.6 is 0 Å². The molecule has 0 atom stereocenters. The molecule has 1 N–H and O–H groups in total. The van der Waals surface area contributed by atoms with Crippen molar-refractivity contribution in [3.05, 3.63) is 59.8 Å². The summed E-state index contributed by atoms with van der Waals surface area (Å²) in [6.45, 7) is 1.60. The van der Waals surface area contributed by atoms with Gasteiger partial charge in [-0.1, -0.05) is 24.1 Å². The third-order valence-corrected chi connectivity index (χ3v) is 8.01. The number of nitrogens with zero attached hydrogens (tertiary/aromatic N) is 6. The van der Waals surface area contributed by atoms with E-state index < -0.39 is 0 Å². The summed E-state index contributed by atoms with van der Waals surface area (Å²) in [5, 5.41) is 17.5. The van der Waals surface area contributed by atoms with Crippen molar-refractivity contribution in [1.82, 2.24) is 35.0 Å². The Bertz CT molecular complexity index is 1360. The number of fused-ring (bicyclic) bond motifs is 1. The van der Waals surface area contributed by atoms with Crippen LogP contribution in [0.1, 0.15) is 60.4 Å². The highest BCUT2D eigenvalue weighted by Crippen LogP contribution is 2.36. The second kappa shape index (κ2) is 9.50. The van der Waals surface area contributed by atoms with Crippen LogP contribution in [0.15, 0.2) is 48.7 Å². The molecular formula is C28H33N7O. The summed E-state index contributed by atoms with van der Waals surface area (Å²) in [5.74, 6) is 0.743. The Morgan fingerprint density at radius 2 is 1.75 bits per heavy atom. The molecule has 0 bridgehead atoms. The van der Waals surface area contributed by atoms with Gasteiger partial charge in [0.25, 0.3) is 5.91 Å². The summed E-state index contributed by atoms with van der Waals surface area (Å²) < 4.78 is 1.74. The van der Waals surface area contributed by atoms with Crippen LogP contribution in [-0.2, 0) is 0 Å². The minimum atomic E-state index is 0.0964. The summed E-state index contributed by atoms with van der Waals surface area (Å²) in [6.07, 6.45) is 9.10. The number of hydrogen-bond donors (Lipinski definition) is 1. The fraction of sp³-hybridized carbons (Fsp3) is 0.429. The number of piperidine rings is 1. The average molecular weight is 484 g/mol. The van der Waals surface area contributed by atoms with Crippen molar-refractivity contribution < 1.29 is 4.79 Å². The Labute approximate surface area is 211 Å². The Kier molecular flexibility index (Phi) is 6.05. The van der Waals surface area contributed by atoms with Crippen LogP contribution in [0.4, 0.5) is 0 Å². The number of carbonyl (C=O) groups excluding carboxylic acids is 1. The first-order chi connectivity index (χ1) is 17.6. The molecule has 1 aliphatic heterocycles. The number of amides is 1. The van der Waals surface area contributed by atoms with Gasteiger partial charge < -0.3 is 9.80 Å². The monoisotopic (exact) mass is 483 g/mol. The normalized spacial score (nSPS) is 17.5. The molecule has 1 aliphatic carbocycles. The number of aromatic amines is 1. The Morgan fingerprint density at radius 3 is 2.47 bits per heavy atom. The number of rotatable bonds is 5. The van der Waals surface area contributed by atoms with Gasteiger partial charge >= 0.3 is 0 Å². The van der Waals surface area contributed by atoms with E-state index in [1.165, 1.54) is 31.2 Å². The van der Waals surface area contributed by atoms with Crippen molar-refractivity contribution in [2.24, 2.45) is 0 Å². The molecular weight excluding hydrogens is 450 g/mol. The topological polar surface area (TPSA) is 82.9 Å². The van der Waals surface area contributed by atoms with E-state index in [2.05, 4.69) is 57.7 Å². The average Bonchev–Trinajstić information content (AvgIpc) is 3.69. The molecule has 36 heavy (non-hydrogen) atoms. The summed E-state index contributed by atoms with van der Waals surface area (Å²) >= 11 is 0. The van der Waals surface area contributed by atoms with Crippen LogP contribution in [0.5, 0.6) is 0 Å². The van der Waals surface area contributed by atoms with E-state index in [0.29, 0.717) is 17.5 Å². The third kappa shape index (κ3) is 4.30. The lowest BCUT2D eigenvalue weighted by Crippen LogP contribution is -2.44. The molecule has 2 fully saturated rings. The van der Waals surface area contributed by atoms with Crippen molar-refractivity contribution in [1.29, 1.82) is 0 Å². The molecule has 8 heteroatoms. The van der Waals surface area contributed by atoms with E-state index in [1.807, 2.05) is 35.4 Å². The van der Waals surface area contributed by atoms with Crippen LogP contribution in [0.2, 0.25) is 0 Å². The van der Waals surface area contributed by atoms with Crippen LogP contribution in [0.3, 0.4) is 0 Å². The standard InChI is InChI=1S/C28H33N7O/c1-33(2)22-13-15-34(16-14-22)28(36)20-7-10-23(11-8-20)35-18-26(30-32-35)27-24-17-21(19-5-3-4-6-19)9-12-25(24)29-31-27/h7-12,17-19,22H,3-6,13-16H2,1-2H3,(H,29,31). The number of likely N-dealkylation sites (tertiary alicyclic amines) is 1. The quantitative estimate of drug-likeness (QED) is 0.447. The minimum Gasteiger partial charge on any atom is -0.339 e. The van der Waals surface area contributed by atoms with E-state index in [4.69, 9.17) is 0 Å². The second-order valence-corrected chi connectivity index (χ2v) is 10.4. The predicted octanol–water partition coefficient (Wildman–Crippen LogP) is 4.63. The molecule has 2 aromatic carbocycles. The van der Waals surface area contributed by atoms with E-state index in [1.54, 1.807) is 4.68 Å². The molecule has 0 spiro atoms. The van der Waals surface area contributed by atoms with Crippen molar-refractivity contribution in [2.75, 3.05) is 27.2 Å². The first-order valence-electron chi connectivity index (χ1n) is 13.0. The van der Waals surface area contributed by atoms with E-state index >= 15 is 0 Å². The molecule has 4 aromatic rings. The van der Waals surface area contributed by atoms with Crippen molar-refractivity contribution in [3.63, 3.8) is 0 Å². The maximum absolute atomic E-state index is 13.0. The lowest BCUT2D eigenvalue weighted by atomic mass is 9.96. The van der Waals surface area contributed by atoms with Crippen molar-refractivity contribution >= 4 is 16.8 Å². The molecule has 1 amide bonds. The number of nitrogens with one attached hydrogen (secondary N) is 1. The fourth-order valence-electron chi connectivity index (χ4n) is 5.76. The van der Waals surface area contributed by atoms with Gasteiger partial charge in [0.2, 0.25) is 0 Å². The number of hydrogen-bond acceptors (Lipinski definition) is 5. The highest BCUT2D eigenvalue weighted by atomic mass is 16.2. The minimum absolute atomic E-state index is 0.0964. The van der Waals surface area contributed by atoms with E-state index in [9.17, 15) is 4.79 Å². The van der Waals surface area contributed by atoms with Gasteiger partial charge in [-0.2, -0.15) is 5.10 Å². The molecule has 1 saturated heterocycles. The molecule has 6 rings (SSSR count). The highest BCUT2D eigenvalue weighted by molar-refractivity contribution is 5.94. The summed E-state index contributed by atoms with van der Waals surface area (Å²) in [4.78, 5) is 17.2. The molecule has 3 heterocycles. The van der Waals surface area contributed by atoms with Gasteiger partial charge in [-0.05, 0) is 87.7 Å². The SMILES string of the molecule is CN(C)C1CCN(C(=O)c2ccc(-n3cc(-c4n[nH]c5ccc(C6CCCC6)cc45)nn3)cc2)CC1. The second-order valence-electron chi connectivity index (χ2n) is 10.4. The van der Waals surface area contributed by atoms with Crippen LogP contribution < -0.4 is 0 Å². The lowest BCUT2D eigenvalue weighted by Gasteiger charge is -2.35. The summed E-state index contributed by atoms with van der Waals surface area (Å²) in [5.41, 5.74) is 5.53. The van der Waals surface area contributed by atoms with Crippen molar-refractivity contribution in [2.45, 2.75) is 50.5 Å². The van der Waals surface area contributed by atoms with Crippen LogP contribution in [0.25, 0.3) is 28.0 Å². The van der Waals surface area contributed by atoms with Crippen LogP contribution in [0, 0.1) is 0 Å². The Balaban J connectivity index is 1.19. The Hall–Kier alpha value is -3.52. The lowest BCUT2D eigenvalue weighted by molar-refractivity contribution is 0.0663.